The van der Waals surface area contributed by atoms with Crippen LogP contribution in [0.3, 0.4) is 0 Å². The molecule has 0 spiro atoms. The molecule has 1 N–H and O–H groups in total. The Balaban J connectivity index is 1.68. The van der Waals surface area contributed by atoms with Crippen LogP contribution in [0.15, 0.2) is 72.1 Å². The summed E-state index contributed by atoms with van der Waals surface area (Å²) in [5.41, 5.74) is 3.46. The molecular formula is C22H24N2OS. The van der Waals surface area contributed by atoms with Crippen molar-refractivity contribution in [3.05, 3.63) is 93.7 Å². The molecule has 0 unspecified atom stereocenters. The molecule has 0 saturated carbocycles. The molecule has 1 amide bonds. The highest BCUT2D eigenvalue weighted by molar-refractivity contribution is 7.10. The molecule has 0 aliphatic heterocycles. The van der Waals surface area contributed by atoms with Gasteiger partial charge in [-0.25, -0.2) is 0 Å². The number of carbonyl (C=O) groups excluding carboxylic acids is 1. The van der Waals surface area contributed by atoms with Crippen LogP contribution in [0, 0.1) is 6.92 Å². The van der Waals surface area contributed by atoms with Gasteiger partial charge < -0.3 is 5.32 Å². The van der Waals surface area contributed by atoms with Gasteiger partial charge in [0.25, 0.3) is 0 Å². The largest absolute Gasteiger partial charge is 0.344 e. The van der Waals surface area contributed by atoms with Crippen LogP contribution in [0.1, 0.15) is 27.6 Å². The number of nitrogens with zero attached hydrogens (tertiary/aromatic N) is 1. The van der Waals surface area contributed by atoms with Gasteiger partial charge in [-0.3, -0.25) is 9.69 Å². The molecule has 1 heterocycles. The van der Waals surface area contributed by atoms with Gasteiger partial charge in [0, 0.05) is 11.4 Å². The molecule has 3 aromatic rings. The number of amides is 1. The lowest BCUT2D eigenvalue weighted by Gasteiger charge is -2.22. The Bertz CT molecular complexity index is 790. The van der Waals surface area contributed by atoms with E-state index in [1.165, 1.54) is 10.4 Å². The van der Waals surface area contributed by atoms with Crippen LogP contribution in [0.4, 0.5) is 0 Å². The van der Waals surface area contributed by atoms with E-state index in [0.717, 1.165) is 17.7 Å². The Morgan fingerprint density at radius 3 is 2.08 bits per heavy atom. The van der Waals surface area contributed by atoms with Gasteiger partial charge in [-0.2, -0.15) is 0 Å². The number of benzene rings is 2. The van der Waals surface area contributed by atoms with E-state index in [2.05, 4.69) is 52.9 Å². The van der Waals surface area contributed by atoms with Crippen molar-refractivity contribution in [1.82, 2.24) is 10.2 Å². The minimum atomic E-state index is -0.137. The summed E-state index contributed by atoms with van der Waals surface area (Å²) in [5.74, 6) is 0.0272. The zero-order chi connectivity index (χ0) is 18.4. The maximum Gasteiger partial charge on any atom is 0.234 e. The molecule has 26 heavy (non-hydrogen) atoms. The van der Waals surface area contributed by atoms with Gasteiger partial charge in [0.1, 0.15) is 0 Å². The van der Waals surface area contributed by atoms with Crippen molar-refractivity contribution in [2.45, 2.75) is 19.5 Å². The van der Waals surface area contributed by atoms with E-state index in [1.807, 2.05) is 43.4 Å². The number of hydrogen-bond acceptors (Lipinski definition) is 3. The summed E-state index contributed by atoms with van der Waals surface area (Å²) < 4.78 is 0. The van der Waals surface area contributed by atoms with Crippen molar-refractivity contribution in [2.24, 2.45) is 0 Å². The Kier molecular flexibility index (Phi) is 6.21. The Hall–Kier alpha value is -2.43. The van der Waals surface area contributed by atoms with Crippen LogP contribution in [-0.4, -0.2) is 24.4 Å². The molecular weight excluding hydrogens is 340 g/mol. The molecule has 0 atom stereocenters. The minimum absolute atomic E-state index is 0.0272. The Morgan fingerprint density at radius 2 is 1.58 bits per heavy atom. The van der Waals surface area contributed by atoms with E-state index in [0.29, 0.717) is 6.54 Å². The van der Waals surface area contributed by atoms with Gasteiger partial charge in [-0.1, -0.05) is 60.7 Å². The van der Waals surface area contributed by atoms with Crippen LogP contribution in [0.25, 0.3) is 0 Å². The molecule has 0 radical (unpaired) electrons. The third kappa shape index (κ3) is 4.81. The fraction of sp³-hybridized carbons (Fsp3) is 0.227. The van der Waals surface area contributed by atoms with Crippen LogP contribution in [0.2, 0.25) is 0 Å². The normalized spacial score (nSPS) is 11.1. The maximum atomic E-state index is 12.7. The van der Waals surface area contributed by atoms with Gasteiger partial charge in [0.05, 0.1) is 12.6 Å². The first kappa shape index (κ1) is 18.4. The molecule has 134 valence electrons. The van der Waals surface area contributed by atoms with Gasteiger partial charge in [0.15, 0.2) is 0 Å². The van der Waals surface area contributed by atoms with Crippen molar-refractivity contribution < 1.29 is 4.79 Å². The van der Waals surface area contributed by atoms with Crippen molar-refractivity contribution in [3.63, 3.8) is 0 Å². The molecule has 3 rings (SSSR count). The van der Waals surface area contributed by atoms with Gasteiger partial charge in [-0.15, -0.1) is 11.3 Å². The molecule has 0 aliphatic rings. The average molecular weight is 365 g/mol. The lowest BCUT2D eigenvalue weighted by atomic mass is 9.99. The third-order valence-corrected chi connectivity index (χ3v) is 5.37. The Labute approximate surface area is 159 Å². The second kappa shape index (κ2) is 8.79. The SMILES string of the molecule is Cc1ccsc1CN(C)CC(=O)NC(c1ccccc1)c1ccccc1. The fourth-order valence-corrected chi connectivity index (χ4v) is 3.95. The predicted molar refractivity (Wildman–Crippen MR) is 108 cm³/mol. The van der Waals surface area contributed by atoms with Crippen molar-refractivity contribution >= 4 is 17.2 Å². The molecule has 0 bridgehead atoms. The number of rotatable bonds is 7. The topological polar surface area (TPSA) is 32.3 Å². The van der Waals surface area contributed by atoms with Crippen LogP contribution in [-0.2, 0) is 11.3 Å². The summed E-state index contributed by atoms with van der Waals surface area (Å²) in [4.78, 5) is 16.0. The number of hydrogen-bond donors (Lipinski definition) is 1. The first-order valence-corrected chi connectivity index (χ1v) is 9.62. The summed E-state index contributed by atoms with van der Waals surface area (Å²) in [7, 11) is 1.98. The second-order valence-corrected chi connectivity index (χ2v) is 7.52. The monoisotopic (exact) mass is 364 g/mol. The summed E-state index contributed by atoms with van der Waals surface area (Å²) >= 11 is 1.74. The van der Waals surface area contributed by atoms with Gasteiger partial charge >= 0.3 is 0 Å². The average Bonchev–Trinajstić information content (AvgIpc) is 3.05. The number of aryl methyl sites for hydroxylation is 1. The van der Waals surface area contributed by atoms with Crippen LogP contribution in [0.5, 0.6) is 0 Å². The highest BCUT2D eigenvalue weighted by Crippen LogP contribution is 2.22. The zero-order valence-electron chi connectivity index (χ0n) is 15.2. The zero-order valence-corrected chi connectivity index (χ0v) is 16.0. The fourth-order valence-electron chi connectivity index (χ4n) is 2.97. The van der Waals surface area contributed by atoms with Crippen molar-refractivity contribution in [3.8, 4) is 0 Å². The lowest BCUT2D eigenvalue weighted by Crippen LogP contribution is -2.37. The molecule has 4 heteroatoms. The molecule has 0 aliphatic carbocycles. The number of nitrogens with one attached hydrogen (secondary N) is 1. The molecule has 0 fully saturated rings. The summed E-state index contributed by atoms with van der Waals surface area (Å²) in [6, 6.07) is 22.2. The molecule has 3 nitrogen and oxygen atoms in total. The number of thiophene rings is 1. The van der Waals surface area contributed by atoms with Gasteiger partial charge in [0.2, 0.25) is 5.91 Å². The minimum Gasteiger partial charge on any atom is -0.344 e. The smallest absolute Gasteiger partial charge is 0.234 e. The maximum absolute atomic E-state index is 12.7. The summed E-state index contributed by atoms with van der Waals surface area (Å²) in [5, 5.41) is 5.29. The van der Waals surface area contributed by atoms with Gasteiger partial charge in [-0.05, 0) is 42.1 Å². The number of likely N-dealkylation sites (N-methyl/N-ethyl adjacent to an activating group) is 1. The third-order valence-electron chi connectivity index (χ3n) is 4.37. The second-order valence-electron chi connectivity index (χ2n) is 6.52. The highest BCUT2D eigenvalue weighted by Gasteiger charge is 2.17. The lowest BCUT2D eigenvalue weighted by molar-refractivity contribution is -0.122. The summed E-state index contributed by atoms with van der Waals surface area (Å²) in [6.07, 6.45) is 0. The highest BCUT2D eigenvalue weighted by atomic mass is 32.1. The first-order chi connectivity index (χ1) is 12.6. The van der Waals surface area contributed by atoms with E-state index in [-0.39, 0.29) is 11.9 Å². The van der Waals surface area contributed by atoms with E-state index in [1.54, 1.807) is 11.3 Å². The quantitative estimate of drug-likeness (QED) is 0.674. The van der Waals surface area contributed by atoms with E-state index < -0.39 is 0 Å². The van der Waals surface area contributed by atoms with E-state index >= 15 is 0 Å². The van der Waals surface area contributed by atoms with Crippen molar-refractivity contribution in [2.75, 3.05) is 13.6 Å². The standard InChI is InChI=1S/C22H24N2OS/c1-17-13-14-26-20(17)15-24(2)16-21(25)23-22(18-9-5-3-6-10-18)19-11-7-4-8-12-19/h3-14,22H,15-16H2,1-2H3,(H,23,25). The van der Waals surface area contributed by atoms with Crippen molar-refractivity contribution in [1.29, 1.82) is 0 Å². The van der Waals surface area contributed by atoms with E-state index in [4.69, 9.17) is 0 Å². The molecule has 0 saturated heterocycles. The number of carbonyl (C=O) groups is 1. The molecule has 2 aromatic carbocycles. The van der Waals surface area contributed by atoms with Crippen LogP contribution < -0.4 is 5.32 Å². The van der Waals surface area contributed by atoms with E-state index in [9.17, 15) is 4.79 Å². The Morgan fingerprint density at radius 1 is 1.00 bits per heavy atom. The predicted octanol–water partition coefficient (Wildman–Crippen LogP) is 4.39. The molecule has 1 aromatic heterocycles. The van der Waals surface area contributed by atoms with Crippen LogP contribution >= 0.6 is 11.3 Å². The summed E-state index contributed by atoms with van der Waals surface area (Å²) in [6.45, 7) is 3.27. The first-order valence-electron chi connectivity index (χ1n) is 8.74.